The molecule has 1 heterocycles. The molecule has 0 N–H and O–H groups in total. The predicted molar refractivity (Wildman–Crippen MR) is 51.7 cm³/mol. The highest BCUT2D eigenvalue weighted by molar-refractivity contribution is 5.76. The van der Waals surface area contributed by atoms with Crippen molar-refractivity contribution in [3.8, 4) is 0 Å². The first-order chi connectivity index (χ1) is 6.69. The van der Waals surface area contributed by atoms with E-state index < -0.39 is 12.2 Å². The Morgan fingerprint density at radius 2 is 2.50 bits per heavy atom. The Morgan fingerprint density at radius 3 is 3.07 bits per heavy atom. The molecule has 3 nitrogen and oxygen atoms in total. The van der Waals surface area contributed by atoms with Gasteiger partial charge in [0.05, 0.1) is 7.11 Å². The molecule has 0 amide bonds. The van der Waals surface area contributed by atoms with E-state index in [4.69, 9.17) is 0 Å². The Morgan fingerprint density at radius 1 is 1.79 bits per heavy atom. The topological polar surface area (TPSA) is 29.5 Å². The van der Waals surface area contributed by atoms with Gasteiger partial charge in [0.2, 0.25) is 0 Å². The van der Waals surface area contributed by atoms with E-state index in [-0.39, 0.29) is 12.4 Å². The summed E-state index contributed by atoms with van der Waals surface area (Å²) in [5.41, 5.74) is 0. The van der Waals surface area contributed by atoms with Crippen LogP contribution in [0, 0.1) is 0 Å². The fourth-order valence-electron chi connectivity index (χ4n) is 1.73. The molecule has 1 saturated heterocycles. The van der Waals surface area contributed by atoms with Crippen molar-refractivity contribution >= 4 is 5.97 Å². The summed E-state index contributed by atoms with van der Waals surface area (Å²) < 4.78 is 17.7. The third-order valence-electron chi connectivity index (χ3n) is 2.45. The van der Waals surface area contributed by atoms with Crippen molar-refractivity contribution in [1.29, 1.82) is 0 Å². The SMILES string of the molecule is C=CCCN1C[C@@H](F)CC1C(=O)OC. The van der Waals surface area contributed by atoms with Crippen LogP contribution in [0.25, 0.3) is 0 Å². The van der Waals surface area contributed by atoms with E-state index in [2.05, 4.69) is 11.3 Å². The van der Waals surface area contributed by atoms with Crippen LogP contribution in [0.2, 0.25) is 0 Å². The van der Waals surface area contributed by atoms with Crippen LogP contribution in [0.15, 0.2) is 12.7 Å². The maximum Gasteiger partial charge on any atom is 0.323 e. The van der Waals surface area contributed by atoms with Crippen LogP contribution < -0.4 is 0 Å². The molecule has 2 atom stereocenters. The van der Waals surface area contributed by atoms with Gasteiger partial charge in [-0.25, -0.2) is 4.39 Å². The predicted octanol–water partition coefficient (Wildman–Crippen LogP) is 1.15. The largest absolute Gasteiger partial charge is 0.468 e. The van der Waals surface area contributed by atoms with Gasteiger partial charge in [-0.2, -0.15) is 0 Å². The summed E-state index contributed by atoms with van der Waals surface area (Å²) in [6.45, 7) is 4.59. The van der Waals surface area contributed by atoms with E-state index in [1.807, 2.05) is 4.90 Å². The number of likely N-dealkylation sites (tertiary alicyclic amines) is 1. The van der Waals surface area contributed by atoms with Crippen molar-refractivity contribution < 1.29 is 13.9 Å². The zero-order valence-corrected chi connectivity index (χ0v) is 8.41. The first-order valence-electron chi connectivity index (χ1n) is 4.76. The normalized spacial score (nSPS) is 27.6. The van der Waals surface area contributed by atoms with Crippen LogP contribution in [-0.4, -0.2) is 43.3 Å². The Hall–Kier alpha value is -0.900. The molecule has 1 aliphatic rings. The molecule has 1 aliphatic heterocycles. The summed E-state index contributed by atoms with van der Waals surface area (Å²) in [6.07, 6.45) is 1.87. The number of hydrogen-bond acceptors (Lipinski definition) is 3. The number of carbonyl (C=O) groups is 1. The van der Waals surface area contributed by atoms with Crippen LogP contribution >= 0.6 is 0 Å². The van der Waals surface area contributed by atoms with Gasteiger partial charge in [0, 0.05) is 19.5 Å². The molecule has 0 aromatic heterocycles. The number of nitrogens with zero attached hydrogens (tertiary/aromatic N) is 1. The number of ether oxygens (including phenoxy) is 1. The minimum atomic E-state index is -0.913. The second-order valence-electron chi connectivity index (χ2n) is 3.44. The molecule has 1 fully saturated rings. The number of halogens is 1. The first-order valence-corrected chi connectivity index (χ1v) is 4.76. The van der Waals surface area contributed by atoms with Crippen LogP contribution in [0.3, 0.4) is 0 Å². The van der Waals surface area contributed by atoms with Gasteiger partial charge < -0.3 is 4.74 Å². The lowest BCUT2D eigenvalue weighted by Crippen LogP contribution is -2.37. The molecule has 1 unspecified atom stereocenters. The molecule has 0 aromatic rings. The number of rotatable bonds is 4. The minimum Gasteiger partial charge on any atom is -0.468 e. The molecule has 0 spiro atoms. The van der Waals surface area contributed by atoms with Gasteiger partial charge >= 0.3 is 5.97 Å². The third kappa shape index (κ3) is 2.54. The van der Waals surface area contributed by atoms with E-state index >= 15 is 0 Å². The van der Waals surface area contributed by atoms with Crippen molar-refractivity contribution in [3.05, 3.63) is 12.7 Å². The monoisotopic (exact) mass is 201 g/mol. The Labute approximate surface area is 83.5 Å². The Bertz CT molecular complexity index is 220. The quantitative estimate of drug-likeness (QED) is 0.504. The second kappa shape index (κ2) is 5.10. The van der Waals surface area contributed by atoms with Gasteiger partial charge in [-0.05, 0) is 6.42 Å². The van der Waals surface area contributed by atoms with Crippen LogP contribution in [0.5, 0.6) is 0 Å². The lowest BCUT2D eigenvalue weighted by Gasteiger charge is -2.20. The van der Waals surface area contributed by atoms with Crippen LogP contribution in [0.1, 0.15) is 12.8 Å². The molecule has 14 heavy (non-hydrogen) atoms. The van der Waals surface area contributed by atoms with Gasteiger partial charge in [0.15, 0.2) is 0 Å². The van der Waals surface area contributed by atoms with Gasteiger partial charge in [-0.15, -0.1) is 6.58 Å². The first kappa shape index (κ1) is 11.2. The van der Waals surface area contributed by atoms with E-state index in [1.54, 1.807) is 6.08 Å². The Kier molecular flexibility index (Phi) is 4.07. The summed E-state index contributed by atoms with van der Waals surface area (Å²) in [6, 6.07) is -0.407. The molecule has 4 heteroatoms. The van der Waals surface area contributed by atoms with Crippen LogP contribution in [-0.2, 0) is 9.53 Å². The van der Waals surface area contributed by atoms with E-state index in [0.717, 1.165) is 6.42 Å². The summed E-state index contributed by atoms with van der Waals surface area (Å²) >= 11 is 0. The lowest BCUT2D eigenvalue weighted by molar-refractivity contribution is -0.145. The van der Waals surface area contributed by atoms with E-state index in [1.165, 1.54) is 7.11 Å². The standard InChI is InChI=1S/C10H16FNO2/c1-3-4-5-12-7-8(11)6-9(12)10(13)14-2/h3,8-9H,1,4-7H2,2H3/t8-,9?/m0/s1. The van der Waals surface area contributed by atoms with Gasteiger partial charge in [-0.1, -0.05) is 6.08 Å². The number of alkyl halides is 1. The van der Waals surface area contributed by atoms with E-state index in [9.17, 15) is 9.18 Å². The molecule has 0 bridgehead atoms. The number of carbonyl (C=O) groups excluding carboxylic acids is 1. The lowest BCUT2D eigenvalue weighted by atomic mass is 10.2. The van der Waals surface area contributed by atoms with Crippen molar-refractivity contribution in [2.75, 3.05) is 20.2 Å². The molecule has 1 rings (SSSR count). The average Bonchev–Trinajstić information content (AvgIpc) is 2.55. The molecule has 80 valence electrons. The fraction of sp³-hybridized carbons (Fsp3) is 0.700. The zero-order valence-electron chi connectivity index (χ0n) is 8.41. The maximum absolute atomic E-state index is 13.1. The number of methoxy groups -OCH3 is 1. The highest BCUT2D eigenvalue weighted by Gasteiger charge is 2.36. The number of hydrogen-bond donors (Lipinski definition) is 0. The Balaban J connectivity index is 2.53. The minimum absolute atomic E-state index is 0.254. The third-order valence-corrected chi connectivity index (χ3v) is 2.45. The molecule has 0 aromatic carbocycles. The van der Waals surface area contributed by atoms with Gasteiger partial charge in [0.25, 0.3) is 0 Å². The van der Waals surface area contributed by atoms with Gasteiger partial charge in [-0.3, -0.25) is 9.69 Å². The molecular formula is C10H16FNO2. The van der Waals surface area contributed by atoms with Crippen molar-refractivity contribution in [3.63, 3.8) is 0 Å². The van der Waals surface area contributed by atoms with Crippen molar-refractivity contribution in [2.24, 2.45) is 0 Å². The highest BCUT2D eigenvalue weighted by Crippen LogP contribution is 2.21. The summed E-state index contributed by atoms with van der Waals surface area (Å²) in [5.74, 6) is -0.339. The van der Waals surface area contributed by atoms with Crippen molar-refractivity contribution in [1.82, 2.24) is 4.90 Å². The molecule has 0 saturated carbocycles. The second-order valence-corrected chi connectivity index (χ2v) is 3.44. The summed E-state index contributed by atoms with van der Waals surface area (Å²) in [7, 11) is 1.33. The zero-order chi connectivity index (χ0) is 10.6. The van der Waals surface area contributed by atoms with E-state index in [0.29, 0.717) is 13.1 Å². The highest BCUT2D eigenvalue weighted by atomic mass is 19.1. The summed E-state index contributed by atoms with van der Waals surface area (Å²) in [5, 5.41) is 0. The maximum atomic E-state index is 13.1. The smallest absolute Gasteiger partial charge is 0.323 e. The van der Waals surface area contributed by atoms with Crippen LogP contribution in [0.4, 0.5) is 4.39 Å². The molecule has 0 aliphatic carbocycles. The van der Waals surface area contributed by atoms with Gasteiger partial charge in [0.1, 0.15) is 12.2 Å². The molecule has 0 radical (unpaired) electrons. The van der Waals surface area contributed by atoms with Crippen molar-refractivity contribution in [2.45, 2.75) is 25.1 Å². The number of esters is 1. The molecular weight excluding hydrogens is 185 g/mol. The average molecular weight is 201 g/mol. The summed E-state index contributed by atoms with van der Waals surface area (Å²) in [4.78, 5) is 13.1. The fourth-order valence-corrected chi connectivity index (χ4v) is 1.73.